The number of nitrogens with one attached hydrogen (secondary N) is 1. The number of carbonyl (C=O) groups is 1. The van der Waals surface area contributed by atoms with Crippen molar-refractivity contribution >= 4 is 17.5 Å². The molecule has 1 saturated heterocycles. The summed E-state index contributed by atoms with van der Waals surface area (Å²) < 4.78 is 0. The maximum absolute atomic E-state index is 11.8. The van der Waals surface area contributed by atoms with Crippen molar-refractivity contribution in [1.82, 2.24) is 15.2 Å². The maximum atomic E-state index is 11.8. The van der Waals surface area contributed by atoms with Crippen LogP contribution in [0.15, 0.2) is 18.3 Å². The van der Waals surface area contributed by atoms with Crippen LogP contribution < -0.4 is 5.32 Å². The summed E-state index contributed by atoms with van der Waals surface area (Å²) in [7, 11) is 0. The molecule has 0 saturated carbocycles. The van der Waals surface area contributed by atoms with E-state index in [1.165, 1.54) is 25.9 Å². The standard InChI is InChI=1S/C13H18ClN3O/c14-12-10-11(4-6-15-12)13(18)16-5-3-9-17-7-1-2-8-17/h4,6,10H,1-3,5,7-9H2,(H,16,18). The fraction of sp³-hybridized carbons (Fsp3) is 0.538. The Bertz CT molecular complexity index is 405. The molecule has 0 spiro atoms. The number of nitrogens with zero attached hydrogens (tertiary/aromatic N) is 2. The van der Waals surface area contributed by atoms with Crippen molar-refractivity contribution in [2.45, 2.75) is 19.3 Å². The summed E-state index contributed by atoms with van der Waals surface area (Å²) in [6, 6.07) is 3.25. The predicted molar refractivity (Wildman–Crippen MR) is 71.9 cm³/mol. The molecule has 1 amide bonds. The van der Waals surface area contributed by atoms with Crippen molar-refractivity contribution in [3.63, 3.8) is 0 Å². The van der Waals surface area contributed by atoms with Gasteiger partial charge in [0, 0.05) is 18.3 Å². The first-order chi connectivity index (χ1) is 8.75. The molecule has 1 aromatic rings. The van der Waals surface area contributed by atoms with E-state index >= 15 is 0 Å². The molecule has 2 rings (SSSR count). The summed E-state index contributed by atoms with van der Waals surface area (Å²) in [5.41, 5.74) is 0.566. The third-order valence-corrected chi connectivity index (χ3v) is 3.33. The molecule has 0 aliphatic carbocycles. The van der Waals surface area contributed by atoms with Gasteiger partial charge in [0.15, 0.2) is 0 Å². The predicted octanol–water partition coefficient (Wildman–Crippen LogP) is 1.95. The monoisotopic (exact) mass is 267 g/mol. The van der Waals surface area contributed by atoms with Gasteiger partial charge in [-0.25, -0.2) is 4.98 Å². The van der Waals surface area contributed by atoms with Crippen LogP contribution in [0.25, 0.3) is 0 Å². The average Bonchev–Trinajstić information content (AvgIpc) is 2.87. The number of pyridine rings is 1. The zero-order valence-corrected chi connectivity index (χ0v) is 11.1. The first kappa shape index (κ1) is 13.3. The molecule has 0 radical (unpaired) electrons. The molecule has 1 aliphatic rings. The van der Waals surface area contributed by atoms with E-state index < -0.39 is 0 Å². The molecule has 0 atom stereocenters. The lowest BCUT2D eigenvalue weighted by Crippen LogP contribution is -2.28. The number of aromatic nitrogens is 1. The van der Waals surface area contributed by atoms with Crippen molar-refractivity contribution in [2.24, 2.45) is 0 Å². The van der Waals surface area contributed by atoms with Gasteiger partial charge in [0.05, 0.1) is 0 Å². The zero-order valence-electron chi connectivity index (χ0n) is 10.4. The smallest absolute Gasteiger partial charge is 0.251 e. The summed E-state index contributed by atoms with van der Waals surface area (Å²) in [4.78, 5) is 18.1. The van der Waals surface area contributed by atoms with Gasteiger partial charge in [-0.2, -0.15) is 0 Å². The number of hydrogen-bond acceptors (Lipinski definition) is 3. The van der Waals surface area contributed by atoms with E-state index in [0.717, 1.165) is 13.0 Å². The third-order valence-electron chi connectivity index (χ3n) is 3.12. The Morgan fingerprint density at radius 1 is 1.44 bits per heavy atom. The van der Waals surface area contributed by atoms with E-state index in [1.54, 1.807) is 18.3 Å². The molecule has 1 aliphatic heterocycles. The van der Waals surface area contributed by atoms with Gasteiger partial charge in [-0.3, -0.25) is 4.79 Å². The Hall–Kier alpha value is -1.13. The van der Waals surface area contributed by atoms with Crippen LogP contribution in [0.4, 0.5) is 0 Å². The molecule has 1 N–H and O–H groups in total. The Morgan fingerprint density at radius 3 is 2.94 bits per heavy atom. The highest BCUT2D eigenvalue weighted by Gasteiger charge is 2.11. The van der Waals surface area contributed by atoms with Gasteiger partial charge in [0.25, 0.3) is 5.91 Å². The largest absolute Gasteiger partial charge is 0.352 e. The van der Waals surface area contributed by atoms with Gasteiger partial charge < -0.3 is 10.2 Å². The van der Waals surface area contributed by atoms with Gasteiger partial charge in [0.2, 0.25) is 0 Å². The fourth-order valence-corrected chi connectivity index (χ4v) is 2.33. The van der Waals surface area contributed by atoms with Crippen LogP contribution in [0, 0.1) is 0 Å². The van der Waals surface area contributed by atoms with Crippen molar-refractivity contribution < 1.29 is 4.79 Å². The first-order valence-electron chi connectivity index (χ1n) is 6.38. The van der Waals surface area contributed by atoms with Gasteiger partial charge in [-0.05, 0) is 51.0 Å². The Labute approximate surface area is 112 Å². The topological polar surface area (TPSA) is 45.2 Å². The van der Waals surface area contributed by atoms with Gasteiger partial charge in [-0.1, -0.05) is 11.6 Å². The lowest BCUT2D eigenvalue weighted by molar-refractivity contribution is 0.0952. The molecule has 2 heterocycles. The summed E-state index contributed by atoms with van der Waals surface area (Å²) in [5, 5.41) is 3.25. The van der Waals surface area contributed by atoms with Crippen LogP contribution in [0.2, 0.25) is 5.15 Å². The number of amides is 1. The van der Waals surface area contributed by atoms with E-state index in [1.807, 2.05) is 0 Å². The number of hydrogen-bond donors (Lipinski definition) is 1. The van der Waals surface area contributed by atoms with Crippen LogP contribution >= 0.6 is 11.6 Å². The van der Waals surface area contributed by atoms with Crippen LogP contribution in [0.5, 0.6) is 0 Å². The van der Waals surface area contributed by atoms with Crippen molar-refractivity contribution in [2.75, 3.05) is 26.2 Å². The minimum absolute atomic E-state index is 0.0827. The summed E-state index contributed by atoms with van der Waals surface area (Å²) in [6.07, 6.45) is 5.15. The lowest BCUT2D eigenvalue weighted by Gasteiger charge is -2.14. The van der Waals surface area contributed by atoms with E-state index in [9.17, 15) is 4.79 Å². The molecular weight excluding hydrogens is 250 g/mol. The Balaban J connectivity index is 1.68. The van der Waals surface area contributed by atoms with Crippen molar-refractivity contribution in [1.29, 1.82) is 0 Å². The van der Waals surface area contributed by atoms with Crippen molar-refractivity contribution in [3.05, 3.63) is 29.0 Å². The highest BCUT2D eigenvalue weighted by atomic mass is 35.5. The molecule has 0 aromatic carbocycles. The Morgan fingerprint density at radius 2 is 2.22 bits per heavy atom. The second-order valence-corrected chi connectivity index (χ2v) is 4.91. The minimum atomic E-state index is -0.0827. The molecule has 0 unspecified atom stereocenters. The maximum Gasteiger partial charge on any atom is 0.251 e. The summed E-state index contributed by atoms with van der Waals surface area (Å²) >= 11 is 5.74. The van der Waals surface area contributed by atoms with E-state index in [2.05, 4.69) is 15.2 Å². The summed E-state index contributed by atoms with van der Waals surface area (Å²) in [5.74, 6) is -0.0827. The van der Waals surface area contributed by atoms with Crippen molar-refractivity contribution in [3.8, 4) is 0 Å². The molecule has 1 fully saturated rings. The molecular formula is C13H18ClN3O. The molecule has 0 bridgehead atoms. The third kappa shape index (κ3) is 3.96. The highest BCUT2D eigenvalue weighted by molar-refractivity contribution is 6.29. The first-order valence-corrected chi connectivity index (χ1v) is 6.75. The molecule has 5 heteroatoms. The van der Waals surface area contributed by atoms with Gasteiger partial charge in [0.1, 0.15) is 5.15 Å². The van der Waals surface area contributed by atoms with E-state index in [4.69, 9.17) is 11.6 Å². The van der Waals surface area contributed by atoms with E-state index in [-0.39, 0.29) is 5.91 Å². The highest BCUT2D eigenvalue weighted by Crippen LogP contribution is 2.08. The fourth-order valence-electron chi connectivity index (χ4n) is 2.16. The molecule has 1 aromatic heterocycles. The minimum Gasteiger partial charge on any atom is -0.352 e. The molecule has 4 nitrogen and oxygen atoms in total. The SMILES string of the molecule is O=C(NCCCN1CCCC1)c1ccnc(Cl)c1. The van der Waals surface area contributed by atoms with E-state index in [0.29, 0.717) is 17.3 Å². The van der Waals surface area contributed by atoms with Gasteiger partial charge >= 0.3 is 0 Å². The number of carbonyl (C=O) groups excluding carboxylic acids is 1. The second kappa shape index (κ2) is 6.71. The molecule has 98 valence electrons. The number of rotatable bonds is 5. The molecule has 18 heavy (non-hydrogen) atoms. The van der Waals surface area contributed by atoms with Crippen LogP contribution in [-0.2, 0) is 0 Å². The van der Waals surface area contributed by atoms with Crippen LogP contribution in [0.3, 0.4) is 0 Å². The van der Waals surface area contributed by atoms with Crippen LogP contribution in [-0.4, -0.2) is 42.0 Å². The quantitative estimate of drug-likeness (QED) is 0.655. The number of halogens is 1. The zero-order chi connectivity index (χ0) is 12.8. The normalized spacial score (nSPS) is 15.8. The second-order valence-electron chi connectivity index (χ2n) is 4.53. The lowest BCUT2D eigenvalue weighted by atomic mass is 10.2. The Kier molecular flexibility index (Phi) is 4.96. The summed E-state index contributed by atoms with van der Waals surface area (Å²) in [6.45, 7) is 4.18. The average molecular weight is 268 g/mol. The number of likely N-dealkylation sites (tertiary alicyclic amines) is 1. The van der Waals surface area contributed by atoms with Gasteiger partial charge in [-0.15, -0.1) is 0 Å². The van der Waals surface area contributed by atoms with Crippen LogP contribution in [0.1, 0.15) is 29.6 Å².